The zero-order chi connectivity index (χ0) is 11.1. The third-order valence-corrected chi connectivity index (χ3v) is 2.31. The molecule has 3 heteroatoms. The van der Waals surface area contributed by atoms with Gasteiger partial charge in [-0.05, 0) is 18.7 Å². The number of aliphatic hydroxyl groups excluding tert-OH is 1. The van der Waals surface area contributed by atoms with Gasteiger partial charge in [-0.1, -0.05) is 25.1 Å². The maximum Gasteiger partial charge on any atom is 0.0839 e. The van der Waals surface area contributed by atoms with Gasteiger partial charge in [-0.15, -0.1) is 0 Å². The highest BCUT2D eigenvalue weighted by atomic mass is 16.3. The third kappa shape index (κ3) is 4.32. The molecule has 2 N–H and O–H groups in total. The van der Waals surface area contributed by atoms with E-state index in [1.54, 1.807) is 0 Å². The summed E-state index contributed by atoms with van der Waals surface area (Å²) in [5.41, 5.74) is 1.13. The molecule has 15 heavy (non-hydrogen) atoms. The first-order valence-corrected chi connectivity index (χ1v) is 5.39. The predicted molar refractivity (Wildman–Crippen MR) is 64.3 cm³/mol. The summed E-state index contributed by atoms with van der Waals surface area (Å²) in [6, 6.07) is 10.1. The van der Waals surface area contributed by atoms with E-state index in [0.717, 1.165) is 12.2 Å². The Morgan fingerprint density at radius 2 is 2.00 bits per heavy atom. The van der Waals surface area contributed by atoms with Crippen molar-refractivity contribution in [3.63, 3.8) is 0 Å². The van der Waals surface area contributed by atoms with Crippen LogP contribution in [-0.2, 0) is 0 Å². The average molecular weight is 208 g/mol. The maximum atomic E-state index is 9.71. The van der Waals surface area contributed by atoms with E-state index in [0.29, 0.717) is 13.1 Å². The van der Waals surface area contributed by atoms with E-state index in [9.17, 15) is 5.11 Å². The van der Waals surface area contributed by atoms with Crippen LogP contribution < -0.4 is 10.2 Å². The number of nitrogens with one attached hydrogen (secondary N) is 1. The number of rotatable bonds is 6. The van der Waals surface area contributed by atoms with Gasteiger partial charge in [0.25, 0.3) is 0 Å². The van der Waals surface area contributed by atoms with Crippen LogP contribution in [0.15, 0.2) is 30.3 Å². The second kappa shape index (κ2) is 6.43. The minimum absolute atomic E-state index is 0.324. The zero-order valence-electron chi connectivity index (χ0n) is 9.48. The van der Waals surface area contributed by atoms with Crippen molar-refractivity contribution in [3.8, 4) is 0 Å². The van der Waals surface area contributed by atoms with Crippen molar-refractivity contribution in [3.05, 3.63) is 30.3 Å². The average Bonchev–Trinajstić information content (AvgIpc) is 2.27. The monoisotopic (exact) mass is 208 g/mol. The van der Waals surface area contributed by atoms with Crippen LogP contribution in [0.5, 0.6) is 0 Å². The number of para-hydroxylation sites is 1. The second-order valence-corrected chi connectivity index (χ2v) is 3.68. The SMILES string of the molecule is CCNCC(O)CN(C)c1ccccc1. The summed E-state index contributed by atoms with van der Waals surface area (Å²) in [7, 11) is 1.99. The van der Waals surface area contributed by atoms with Gasteiger partial charge in [0.15, 0.2) is 0 Å². The number of hydrogen-bond donors (Lipinski definition) is 2. The highest BCUT2D eigenvalue weighted by Crippen LogP contribution is 2.10. The molecule has 0 aromatic heterocycles. The van der Waals surface area contributed by atoms with Crippen LogP contribution in [0, 0.1) is 0 Å². The summed E-state index contributed by atoms with van der Waals surface area (Å²) in [5.74, 6) is 0. The Bertz CT molecular complexity index is 264. The van der Waals surface area contributed by atoms with E-state index in [2.05, 4.69) is 10.2 Å². The van der Waals surface area contributed by atoms with Gasteiger partial charge in [0, 0.05) is 25.8 Å². The minimum atomic E-state index is -0.324. The third-order valence-electron chi connectivity index (χ3n) is 2.31. The Kier molecular flexibility index (Phi) is 5.15. The molecule has 3 nitrogen and oxygen atoms in total. The number of anilines is 1. The normalized spacial score (nSPS) is 12.5. The fourth-order valence-corrected chi connectivity index (χ4v) is 1.48. The standard InChI is InChI=1S/C12H20N2O/c1-3-13-9-12(15)10-14(2)11-7-5-4-6-8-11/h4-8,12-13,15H,3,9-10H2,1-2H3. The Balaban J connectivity index is 2.38. The summed E-state index contributed by atoms with van der Waals surface area (Å²) in [4.78, 5) is 2.06. The maximum absolute atomic E-state index is 9.71. The van der Waals surface area contributed by atoms with Gasteiger partial charge in [0.2, 0.25) is 0 Å². The van der Waals surface area contributed by atoms with E-state index >= 15 is 0 Å². The number of likely N-dealkylation sites (N-methyl/N-ethyl adjacent to an activating group) is 2. The number of hydrogen-bond acceptors (Lipinski definition) is 3. The van der Waals surface area contributed by atoms with Gasteiger partial charge >= 0.3 is 0 Å². The Morgan fingerprint density at radius 1 is 1.33 bits per heavy atom. The number of nitrogens with zero attached hydrogens (tertiary/aromatic N) is 1. The fraction of sp³-hybridized carbons (Fsp3) is 0.500. The summed E-state index contributed by atoms with van der Waals surface area (Å²) in [5, 5.41) is 12.8. The Labute approximate surface area is 91.7 Å². The molecule has 84 valence electrons. The summed E-state index contributed by atoms with van der Waals surface area (Å²) in [6.45, 7) is 4.23. The van der Waals surface area contributed by atoms with Gasteiger partial charge in [-0.25, -0.2) is 0 Å². The lowest BCUT2D eigenvalue weighted by molar-refractivity contribution is 0.179. The molecule has 0 saturated carbocycles. The lowest BCUT2D eigenvalue weighted by atomic mass is 10.2. The topological polar surface area (TPSA) is 35.5 Å². The van der Waals surface area contributed by atoms with Crippen molar-refractivity contribution in [2.75, 3.05) is 31.6 Å². The lowest BCUT2D eigenvalue weighted by Gasteiger charge is -2.22. The minimum Gasteiger partial charge on any atom is -0.390 e. The van der Waals surface area contributed by atoms with Gasteiger partial charge in [-0.3, -0.25) is 0 Å². The molecule has 0 radical (unpaired) electrons. The van der Waals surface area contributed by atoms with Gasteiger partial charge in [0.1, 0.15) is 0 Å². The van der Waals surface area contributed by atoms with E-state index < -0.39 is 0 Å². The number of aliphatic hydroxyl groups is 1. The number of benzene rings is 1. The quantitative estimate of drug-likeness (QED) is 0.734. The molecule has 1 rings (SSSR count). The molecule has 1 aromatic rings. The fourth-order valence-electron chi connectivity index (χ4n) is 1.48. The molecule has 0 amide bonds. The first kappa shape index (κ1) is 12.0. The largest absolute Gasteiger partial charge is 0.390 e. The van der Waals surface area contributed by atoms with Crippen molar-refractivity contribution in [1.29, 1.82) is 0 Å². The van der Waals surface area contributed by atoms with Crippen molar-refractivity contribution in [1.82, 2.24) is 5.32 Å². The van der Waals surface area contributed by atoms with E-state index in [-0.39, 0.29) is 6.10 Å². The zero-order valence-corrected chi connectivity index (χ0v) is 9.48. The van der Waals surface area contributed by atoms with Crippen molar-refractivity contribution >= 4 is 5.69 Å². The molecule has 0 bridgehead atoms. The van der Waals surface area contributed by atoms with Gasteiger partial charge in [-0.2, -0.15) is 0 Å². The summed E-state index contributed by atoms with van der Waals surface area (Å²) in [6.07, 6.45) is -0.324. The van der Waals surface area contributed by atoms with Crippen molar-refractivity contribution in [2.45, 2.75) is 13.0 Å². The van der Waals surface area contributed by atoms with Crippen molar-refractivity contribution < 1.29 is 5.11 Å². The second-order valence-electron chi connectivity index (χ2n) is 3.68. The molecule has 1 unspecified atom stereocenters. The van der Waals surface area contributed by atoms with Crippen LogP contribution in [0.1, 0.15) is 6.92 Å². The van der Waals surface area contributed by atoms with E-state index in [1.807, 2.05) is 44.3 Å². The van der Waals surface area contributed by atoms with Crippen LogP contribution in [0.2, 0.25) is 0 Å². The van der Waals surface area contributed by atoms with Crippen LogP contribution in [0.4, 0.5) is 5.69 Å². The molecule has 0 heterocycles. The molecular formula is C12H20N2O. The van der Waals surface area contributed by atoms with Crippen LogP contribution in [-0.4, -0.2) is 37.9 Å². The predicted octanol–water partition coefficient (Wildman–Crippen LogP) is 1.09. The molecule has 0 fully saturated rings. The molecule has 0 aliphatic rings. The van der Waals surface area contributed by atoms with Crippen molar-refractivity contribution in [2.24, 2.45) is 0 Å². The van der Waals surface area contributed by atoms with E-state index in [4.69, 9.17) is 0 Å². The van der Waals surface area contributed by atoms with E-state index in [1.165, 1.54) is 0 Å². The smallest absolute Gasteiger partial charge is 0.0839 e. The molecule has 1 aromatic carbocycles. The molecule has 0 aliphatic heterocycles. The van der Waals surface area contributed by atoms with Crippen LogP contribution in [0.25, 0.3) is 0 Å². The summed E-state index contributed by atoms with van der Waals surface area (Å²) >= 11 is 0. The van der Waals surface area contributed by atoms with Crippen LogP contribution in [0.3, 0.4) is 0 Å². The first-order chi connectivity index (χ1) is 7.24. The lowest BCUT2D eigenvalue weighted by Crippen LogP contribution is -2.36. The highest BCUT2D eigenvalue weighted by Gasteiger charge is 2.07. The Hall–Kier alpha value is -1.06. The molecule has 0 saturated heterocycles. The van der Waals surface area contributed by atoms with Gasteiger partial charge in [0.05, 0.1) is 6.10 Å². The molecule has 0 spiro atoms. The van der Waals surface area contributed by atoms with Gasteiger partial charge < -0.3 is 15.3 Å². The Morgan fingerprint density at radius 3 is 2.60 bits per heavy atom. The molecule has 1 atom stereocenters. The van der Waals surface area contributed by atoms with Crippen LogP contribution >= 0.6 is 0 Å². The highest BCUT2D eigenvalue weighted by molar-refractivity contribution is 5.45. The first-order valence-electron chi connectivity index (χ1n) is 5.39. The molecule has 0 aliphatic carbocycles. The molecular weight excluding hydrogens is 188 g/mol. The summed E-state index contributed by atoms with van der Waals surface area (Å²) < 4.78 is 0.